The van der Waals surface area contributed by atoms with Gasteiger partial charge >= 0.3 is 0 Å². The van der Waals surface area contributed by atoms with Crippen LogP contribution in [0.1, 0.15) is 21.8 Å². The lowest BCUT2D eigenvalue weighted by molar-refractivity contribution is 0.0955. The van der Waals surface area contributed by atoms with E-state index in [1.54, 1.807) is 6.20 Å². The van der Waals surface area contributed by atoms with Gasteiger partial charge in [-0.15, -0.1) is 11.3 Å². The molecule has 21 heavy (non-hydrogen) atoms. The molecule has 0 unspecified atom stereocenters. The predicted molar refractivity (Wildman–Crippen MR) is 85.6 cm³/mol. The van der Waals surface area contributed by atoms with Gasteiger partial charge in [-0.3, -0.25) is 9.78 Å². The lowest BCUT2D eigenvalue weighted by Crippen LogP contribution is -2.26. The number of aryl methyl sites for hydroxylation is 1. The minimum atomic E-state index is -0.0501. The van der Waals surface area contributed by atoms with E-state index in [0.29, 0.717) is 11.4 Å². The molecule has 0 spiro atoms. The van der Waals surface area contributed by atoms with E-state index in [9.17, 15) is 4.79 Å². The van der Waals surface area contributed by atoms with Gasteiger partial charge in [0.2, 0.25) is 0 Å². The summed E-state index contributed by atoms with van der Waals surface area (Å²) in [4.78, 5) is 23.7. The van der Waals surface area contributed by atoms with Crippen LogP contribution in [0.2, 0.25) is 0 Å². The van der Waals surface area contributed by atoms with Crippen molar-refractivity contribution in [1.82, 2.24) is 20.2 Å². The molecule has 1 N–H and O–H groups in total. The highest BCUT2D eigenvalue weighted by molar-refractivity contribution is 7.17. The van der Waals surface area contributed by atoms with Gasteiger partial charge in [-0.1, -0.05) is 6.07 Å². The third-order valence-corrected chi connectivity index (χ3v) is 4.13. The first kappa shape index (κ1) is 15.6. The number of pyridine rings is 1. The molecule has 0 fully saturated rings. The zero-order chi connectivity index (χ0) is 15.2. The predicted octanol–water partition coefficient (Wildman–Crippen LogP) is 2.20. The van der Waals surface area contributed by atoms with Crippen LogP contribution in [0.15, 0.2) is 24.4 Å². The summed E-state index contributed by atoms with van der Waals surface area (Å²) in [7, 11) is 4.04. The Morgan fingerprint density at radius 1 is 1.38 bits per heavy atom. The maximum Gasteiger partial charge on any atom is 0.263 e. The molecule has 0 aliphatic heterocycles. The molecule has 112 valence electrons. The summed E-state index contributed by atoms with van der Waals surface area (Å²) in [5.74, 6) is -0.0501. The Morgan fingerprint density at radius 3 is 2.86 bits per heavy atom. The monoisotopic (exact) mass is 304 g/mol. The Morgan fingerprint density at radius 2 is 2.19 bits per heavy atom. The van der Waals surface area contributed by atoms with Gasteiger partial charge < -0.3 is 10.2 Å². The summed E-state index contributed by atoms with van der Waals surface area (Å²) in [5.41, 5.74) is 1.56. The third kappa shape index (κ3) is 4.34. The van der Waals surface area contributed by atoms with E-state index in [2.05, 4.69) is 20.2 Å². The Balaban J connectivity index is 2.00. The molecule has 0 bridgehead atoms. The van der Waals surface area contributed by atoms with Crippen LogP contribution in [0.25, 0.3) is 10.7 Å². The van der Waals surface area contributed by atoms with Crippen molar-refractivity contribution in [2.45, 2.75) is 13.3 Å². The summed E-state index contributed by atoms with van der Waals surface area (Å²) in [6.45, 7) is 3.49. The first-order chi connectivity index (χ1) is 10.1. The maximum atomic E-state index is 12.2. The molecule has 0 radical (unpaired) electrons. The van der Waals surface area contributed by atoms with Crippen molar-refractivity contribution in [2.24, 2.45) is 0 Å². The molecular formula is C15H20N4OS. The molecular weight excluding hydrogens is 284 g/mol. The number of hydrogen-bond donors (Lipinski definition) is 1. The fourth-order valence-corrected chi connectivity index (χ4v) is 2.84. The third-order valence-electron chi connectivity index (χ3n) is 2.95. The molecule has 2 aromatic heterocycles. The van der Waals surface area contributed by atoms with Gasteiger partial charge in [0.25, 0.3) is 5.91 Å². The molecule has 0 aliphatic rings. The van der Waals surface area contributed by atoms with Gasteiger partial charge in [-0.05, 0) is 46.1 Å². The number of nitrogens with one attached hydrogen (secondary N) is 1. The smallest absolute Gasteiger partial charge is 0.263 e. The van der Waals surface area contributed by atoms with E-state index >= 15 is 0 Å². The number of nitrogens with zero attached hydrogens (tertiary/aromatic N) is 3. The fraction of sp³-hybridized carbons (Fsp3) is 0.400. The van der Waals surface area contributed by atoms with Crippen molar-refractivity contribution >= 4 is 17.2 Å². The molecule has 0 aromatic carbocycles. The van der Waals surface area contributed by atoms with Gasteiger partial charge in [0.15, 0.2) is 0 Å². The highest BCUT2D eigenvalue weighted by Crippen LogP contribution is 2.26. The summed E-state index contributed by atoms with van der Waals surface area (Å²) < 4.78 is 0. The van der Waals surface area contributed by atoms with Crippen molar-refractivity contribution in [2.75, 3.05) is 27.2 Å². The largest absolute Gasteiger partial charge is 0.351 e. The lowest BCUT2D eigenvalue weighted by Gasteiger charge is -2.09. The zero-order valence-corrected chi connectivity index (χ0v) is 13.4. The molecule has 2 aromatic rings. The maximum absolute atomic E-state index is 12.2. The molecule has 1 amide bonds. The summed E-state index contributed by atoms with van der Waals surface area (Å²) in [6.07, 6.45) is 2.66. The van der Waals surface area contributed by atoms with E-state index in [4.69, 9.17) is 0 Å². The van der Waals surface area contributed by atoms with Gasteiger partial charge in [0.1, 0.15) is 9.88 Å². The SMILES string of the molecule is Cc1nc(-c2ccccn2)sc1C(=O)NCCCN(C)C. The summed E-state index contributed by atoms with van der Waals surface area (Å²) in [6, 6.07) is 5.68. The molecule has 0 aliphatic carbocycles. The minimum absolute atomic E-state index is 0.0501. The lowest BCUT2D eigenvalue weighted by atomic mass is 10.3. The molecule has 0 saturated carbocycles. The van der Waals surface area contributed by atoms with Crippen molar-refractivity contribution < 1.29 is 4.79 Å². The van der Waals surface area contributed by atoms with Gasteiger partial charge in [0.05, 0.1) is 11.4 Å². The van der Waals surface area contributed by atoms with E-state index in [-0.39, 0.29) is 5.91 Å². The molecule has 6 heteroatoms. The van der Waals surface area contributed by atoms with Gasteiger partial charge in [0, 0.05) is 12.7 Å². The second-order valence-electron chi connectivity index (χ2n) is 5.06. The van der Waals surface area contributed by atoms with Crippen molar-refractivity contribution in [3.05, 3.63) is 35.0 Å². The second kappa shape index (κ2) is 7.28. The van der Waals surface area contributed by atoms with Crippen LogP contribution in [0.4, 0.5) is 0 Å². The van der Waals surface area contributed by atoms with Crippen molar-refractivity contribution in [3.8, 4) is 10.7 Å². The van der Waals surface area contributed by atoms with Crippen LogP contribution in [0, 0.1) is 6.92 Å². The highest BCUT2D eigenvalue weighted by atomic mass is 32.1. The first-order valence-corrected chi connectivity index (χ1v) is 7.71. The summed E-state index contributed by atoms with van der Waals surface area (Å²) in [5, 5.41) is 3.73. The van der Waals surface area contributed by atoms with Crippen LogP contribution >= 0.6 is 11.3 Å². The normalized spacial score (nSPS) is 10.9. The molecule has 0 saturated heterocycles. The first-order valence-electron chi connectivity index (χ1n) is 6.89. The zero-order valence-electron chi connectivity index (χ0n) is 12.6. The van der Waals surface area contributed by atoms with Crippen LogP contribution in [0.5, 0.6) is 0 Å². The summed E-state index contributed by atoms with van der Waals surface area (Å²) >= 11 is 1.39. The second-order valence-corrected chi connectivity index (χ2v) is 6.06. The Hall–Kier alpha value is -1.79. The van der Waals surface area contributed by atoms with E-state index < -0.39 is 0 Å². The van der Waals surface area contributed by atoms with E-state index in [0.717, 1.165) is 29.4 Å². The number of rotatable bonds is 6. The molecule has 5 nitrogen and oxygen atoms in total. The standard InChI is InChI=1S/C15H20N4OS/c1-11-13(14(20)17-9-6-10-19(2)3)21-15(18-11)12-7-4-5-8-16-12/h4-5,7-8H,6,9-10H2,1-3H3,(H,17,20). The fourth-order valence-electron chi connectivity index (χ4n) is 1.88. The van der Waals surface area contributed by atoms with Crippen LogP contribution in [0.3, 0.4) is 0 Å². The Kier molecular flexibility index (Phi) is 5.41. The van der Waals surface area contributed by atoms with Gasteiger partial charge in [-0.25, -0.2) is 4.98 Å². The van der Waals surface area contributed by atoms with Crippen LogP contribution in [-0.2, 0) is 0 Å². The number of hydrogen-bond acceptors (Lipinski definition) is 5. The number of carbonyl (C=O) groups excluding carboxylic acids is 1. The number of amides is 1. The molecule has 2 rings (SSSR count). The quantitative estimate of drug-likeness (QED) is 0.831. The number of aromatic nitrogens is 2. The average Bonchev–Trinajstić information content (AvgIpc) is 2.86. The number of thiazole rings is 1. The average molecular weight is 304 g/mol. The molecule has 2 heterocycles. The van der Waals surface area contributed by atoms with Crippen molar-refractivity contribution in [1.29, 1.82) is 0 Å². The van der Waals surface area contributed by atoms with Crippen LogP contribution < -0.4 is 5.32 Å². The Labute approximate surface area is 129 Å². The minimum Gasteiger partial charge on any atom is -0.351 e. The van der Waals surface area contributed by atoms with E-state index in [1.807, 2.05) is 39.2 Å². The van der Waals surface area contributed by atoms with Crippen LogP contribution in [-0.4, -0.2) is 48.0 Å². The Bertz CT molecular complexity index is 595. The van der Waals surface area contributed by atoms with E-state index in [1.165, 1.54) is 11.3 Å². The van der Waals surface area contributed by atoms with Gasteiger partial charge in [-0.2, -0.15) is 0 Å². The number of carbonyl (C=O) groups is 1. The highest BCUT2D eigenvalue weighted by Gasteiger charge is 2.16. The topological polar surface area (TPSA) is 58.1 Å². The molecule has 0 atom stereocenters. The van der Waals surface area contributed by atoms with Crippen molar-refractivity contribution in [3.63, 3.8) is 0 Å².